The zero-order valence-electron chi connectivity index (χ0n) is 12.5. The lowest BCUT2D eigenvalue weighted by Gasteiger charge is -2.11. The highest BCUT2D eigenvalue weighted by Gasteiger charge is 2.08. The average molecular weight is 284 g/mol. The number of nitrogen functional groups attached to an aromatic ring is 1. The molecule has 0 heterocycles. The molecule has 4 nitrogen and oxygen atoms in total. The Morgan fingerprint density at radius 3 is 2.62 bits per heavy atom. The molecule has 110 valence electrons. The van der Waals surface area contributed by atoms with Crippen molar-refractivity contribution >= 4 is 17.3 Å². The van der Waals surface area contributed by atoms with Crippen LogP contribution in [0.15, 0.2) is 42.5 Å². The number of nitrogens with one attached hydrogen (secondary N) is 1. The Kier molecular flexibility index (Phi) is 4.48. The first-order chi connectivity index (χ1) is 9.95. The van der Waals surface area contributed by atoms with E-state index in [0.717, 1.165) is 5.56 Å². The second-order valence-electron chi connectivity index (χ2n) is 5.22. The van der Waals surface area contributed by atoms with Crippen molar-refractivity contribution in [3.63, 3.8) is 0 Å². The zero-order valence-corrected chi connectivity index (χ0v) is 12.5. The van der Waals surface area contributed by atoms with Crippen LogP contribution < -0.4 is 15.8 Å². The number of ether oxygens (including phenoxy) is 1. The molecule has 0 aliphatic carbocycles. The van der Waals surface area contributed by atoms with Gasteiger partial charge in [0, 0.05) is 16.9 Å². The fourth-order valence-electron chi connectivity index (χ4n) is 1.90. The third-order valence-corrected chi connectivity index (χ3v) is 3.01. The van der Waals surface area contributed by atoms with Gasteiger partial charge in [0.2, 0.25) is 0 Å². The first-order valence-electron chi connectivity index (χ1n) is 6.90. The molecule has 21 heavy (non-hydrogen) atoms. The Morgan fingerprint density at radius 1 is 1.19 bits per heavy atom. The highest BCUT2D eigenvalue weighted by Crippen LogP contribution is 2.19. The molecule has 0 radical (unpaired) electrons. The molecule has 2 rings (SSSR count). The van der Waals surface area contributed by atoms with Gasteiger partial charge in [0.15, 0.2) is 0 Å². The van der Waals surface area contributed by atoms with E-state index in [9.17, 15) is 4.79 Å². The van der Waals surface area contributed by atoms with Gasteiger partial charge >= 0.3 is 0 Å². The number of carbonyl (C=O) groups is 1. The van der Waals surface area contributed by atoms with E-state index >= 15 is 0 Å². The molecule has 0 atom stereocenters. The van der Waals surface area contributed by atoms with Gasteiger partial charge < -0.3 is 15.8 Å². The topological polar surface area (TPSA) is 64.3 Å². The lowest BCUT2D eigenvalue weighted by Crippen LogP contribution is -2.13. The summed E-state index contributed by atoms with van der Waals surface area (Å²) in [5, 5.41) is 2.83. The Labute approximate surface area is 124 Å². The molecule has 1 amide bonds. The van der Waals surface area contributed by atoms with Crippen molar-refractivity contribution in [2.24, 2.45) is 0 Å². The fourth-order valence-corrected chi connectivity index (χ4v) is 1.90. The van der Waals surface area contributed by atoms with E-state index < -0.39 is 0 Å². The van der Waals surface area contributed by atoms with Crippen LogP contribution >= 0.6 is 0 Å². The summed E-state index contributed by atoms with van der Waals surface area (Å²) in [6, 6.07) is 12.6. The largest absolute Gasteiger partial charge is 0.491 e. The number of rotatable bonds is 4. The maximum atomic E-state index is 12.2. The summed E-state index contributed by atoms with van der Waals surface area (Å²) in [6.07, 6.45) is 0.0696. The van der Waals surface area contributed by atoms with Crippen LogP contribution in [0, 0.1) is 6.92 Å². The molecule has 0 saturated carbocycles. The standard InChI is InChI=1S/C17H20N2O2/c1-11(2)21-15-6-4-5-13(9-15)17(20)19-14-8-7-12(3)16(18)10-14/h4-11H,18H2,1-3H3,(H,19,20). The Hall–Kier alpha value is -2.49. The molecule has 0 unspecified atom stereocenters. The normalized spacial score (nSPS) is 10.5. The van der Waals surface area contributed by atoms with E-state index in [1.165, 1.54) is 0 Å². The van der Waals surface area contributed by atoms with Crippen molar-refractivity contribution in [2.75, 3.05) is 11.1 Å². The van der Waals surface area contributed by atoms with Gasteiger partial charge in [-0.1, -0.05) is 12.1 Å². The van der Waals surface area contributed by atoms with Gasteiger partial charge in [-0.2, -0.15) is 0 Å². The minimum Gasteiger partial charge on any atom is -0.491 e. The summed E-state index contributed by atoms with van der Waals surface area (Å²) in [5.41, 5.74) is 8.71. The van der Waals surface area contributed by atoms with Gasteiger partial charge in [-0.25, -0.2) is 0 Å². The van der Waals surface area contributed by atoms with E-state index in [-0.39, 0.29) is 12.0 Å². The molecule has 0 aliphatic heterocycles. The molecule has 3 N–H and O–H groups in total. The van der Waals surface area contributed by atoms with Crippen LogP contribution in [0.3, 0.4) is 0 Å². The SMILES string of the molecule is Cc1ccc(NC(=O)c2cccc(OC(C)C)c2)cc1N. The minimum atomic E-state index is -0.188. The molecule has 0 fully saturated rings. The first-order valence-corrected chi connectivity index (χ1v) is 6.90. The van der Waals surface area contributed by atoms with Crippen LogP contribution in [0.25, 0.3) is 0 Å². The van der Waals surface area contributed by atoms with Gasteiger partial charge in [0.05, 0.1) is 6.10 Å². The van der Waals surface area contributed by atoms with Crippen molar-refractivity contribution in [1.82, 2.24) is 0 Å². The van der Waals surface area contributed by atoms with Crippen molar-refractivity contribution in [3.05, 3.63) is 53.6 Å². The summed E-state index contributed by atoms with van der Waals surface area (Å²) in [6.45, 7) is 5.82. The second kappa shape index (κ2) is 6.31. The maximum absolute atomic E-state index is 12.2. The number of anilines is 2. The second-order valence-corrected chi connectivity index (χ2v) is 5.22. The smallest absolute Gasteiger partial charge is 0.255 e. The fraction of sp³-hybridized carbons (Fsp3) is 0.235. The van der Waals surface area contributed by atoms with Gasteiger partial charge in [-0.15, -0.1) is 0 Å². The van der Waals surface area contributed by atoms with Crippen LogP contribution in [0.2, 0.25) is 0 Å². The van der Waals surface area contributed by atoms with Crippen LogP contribution in [0.1, 0.15) is 29.8 Å². The molecule has 0 saturated heterocycles. The lowest BCUT2D eigenvalue weighted by molar-refractivity contribution is 0.102. The molecule has 2 aromatic carbocycles. The predicted molar refractivity (Wildman–Crippen MR) is 85.8 cm³/mol. The van der Waals surface area contributed by atoms with Gasteiger partial charge in [-0.3, -0.25) is 4.79 Å². The Bertz CT molecular complexity index is 651. The number of aryl methyl sites for hydroxylation is 1. The van der Waals surface area contributed by atoms with Crippen LogP contribution in [0.5, 0.6) is 5.75 Å². The molecule has 0 aliphatic rings. The Morgan fingerprint density at radius 2 is 1.95 bits per heavy atom. The minimum absolute atomic E-state index is 0.0696. The third-order valence-electron chi connectivity index (χ3n) is 3.01. The van der Waals surface area contributed by atoms with Gasteiger partial charge in [0.1, 0.15) is 5.75 Å². The van der Waals surface area contributed by atoms with Crippen LogP contribution in [-0.4, -0.2) is 12.0 Å². The lowest BCUT2D eigenvalue weighted by atomic mass is 10.1. The maximum Gasteiger partial charge on any atom is 0.255 e. The molecular formula is C17H20N2O2. The number of carbonyl (C=O) groups excluding carboxylic acids is 1. The third kappa shape index (κ3) is 3.99. The van der Waals surface area contributed by atoms with Crippen molar-refractivity contribution in [3.8, 4) is 5.75 Å². The predicted octanol–water partition coefficient (Wildman–Crippen LogP) is 3.62. The molecular weight excluding hydrogens is 264 g/mol. The highest BCUT2D eigenvalue weighted by atomic mass is 16.5. The van der Waals surface area contributed by atoms with E-state index in [4.69, 9.17) is 10.5 Å². The summed E-state index contributed by atoms with van der Waals surface area (Å²) in [4.78, 5) is 12.2. The molecule has 2 aromatic rings. The highest BCUT2D eigenvalue weighted by molar-refractivity contribution is 6.04. The summed E-state index contributed by atoms with van der Waals surface area (Å²) in [5.74, 6) is 0.494. The monoisotopic (exact) mass is 284 g/mol. The van der Waals surface area contributed by atoms with E-state index in [1.54, 1.807) is 24.3 Å². The zero-order chi connectivity index (χ0) is 15.4. The number of nitrogens with two attached hydrogens (primary N) is 1. The number of hydrogen-bond donors (Lipinski definition) is 2. The van der Waals surface area contributed by atoms with Gasteiger partial charge in [-0.05, 0) is 56.7 Å². The number of hydrogen-bond acceptors (Lipinski definition) is 3. The molecule has 0 bridgehead atoms. The molecule has 0 aromatic heterocycles. The van der Waals surface area contributed by atoms with Crippen LogP contribution in [-0.2, 0) is 0 Å². The van der Waals surface area contributed by atoms with Gasteiger partial charge in [0.25, 0.3) is 5.91 Å². The van der Waals surface area contributed by atoms with Crippen molar-refractivity contribution < 1.29 is 9.53 Å². The quantitative estimate of drug-likeness (QED) is 0.843. The van der Waals surface area contributed by atoms with E-state index in [1.807, 2.05) is 39.0 Å². The van der Waals surface area contributed by atoms with Crippen molar-refractivity contribution in [1.29, 1.82) is 0 Å². The number of benzene rings is 2. The number of amides is 1. The van der Waals surface area contributed by atoms with Crippen molar-refractivity contribution in [2.45, 2.75) is 26.9 Å². The summed E-state index contributed by atoms with van der Waals surface area (Å²) >= 11 is 0. The van der Waals surface area contributed by atoms with E-state index in [0.29, 0.717) is 22.7 Å². The van der Waals surface area contributed by atoms with E-state index in [2.05, 4.69) is 5.32 Å². The summed E-state index contributed by atoms with van der Waals surface area (Å²) < 4.78 is 5.59. The summed E-state index contributed by atoms with van der Waals surface area (Å²) in [7, 11) is 0. The molecule has 0 spiro atoms. The first kappa shape index (κ1) is 14.9. The Balaban J connectivity index is 2.14. The molecule has 4 heteroatoms. The average Bonchev–Trinajstić information content (AvgIpc) is 2.42. The van der Waals surface area contributed by atoms with Crippen LogP contribution in [0.4, 0.5) is 11.4 Å².